The molecule has 3 rings (SSSR count). The summed E-state index contributed by atoms with van der Waals surface area (Å²) in [6, 6.07) is 6.00. The molecule has 160 valence electrons. The number of hydrogen-bond donors (Lipinski definition) is 3. The smallest absolute Gasteiger partial charge is 0.191 e. The van der Waals surface area contributed by atoms with Gasteiger partial charge in [-0.1, -0.05) is 0 Å². The number of ether oxygens (including phenoxy) is 2. The third kappa shape index (κ3) is 5.99. The van der Waals surface area contributed by atoms with Gasteiger partial charge < -0.3 is 25.2 Å². The number of rotatable bonds is 7. The summed E-state index contributed by atoms with van der Waals surface area (Å²) in [5.41, 5.74) is 2.07. The maximum absolute atomic E-state index is 10.7. The Bertz CT molecular complexity index is 825. The second-order valence-electron chi connectivity index (χ2n) is 7.24. The number of guanidine groups is 1. The summed E-state index contributed by atoms with van der Waals surface area (Å²) in [6.45, 7) is 7.42. The molecule has 0 saturated carbocycles. The molecule has 1 aliphatic heterocycles. The molecule has 1 aromatic carbocycles. The van der Waals surface area contributed by atoms with Crippen molar-refractivity contribution in [2.75, 3.05) is 20.2 Å². The number of nitrogens with zero attached hydrogens (tertiary/aromatic N) is 1. The fourth-order valence-electron chi connectivity index (χ4n) is 3.23. The second-order valence-corrected chi connectivity index (χ2v) is 8.02. The van der Waals surface area contributed by atoms with Crippen LogP contribution in [0.1, 0.15) is 37.5 Å². The van der Waals surface area contributed by atoms with E-state index >= 15 is 0 Å². The molecule has 0 saturated heterocycles. The highest BCUT2D eigenvalue weighted by Crippen LogP contribution is 2.35. The first-order valence-electron chi connectivity index (χ1n) is 9.56. The number of fused-ring (bicyclic) bond motifs is 1. The number of benzene rings is 1. The van der Waals surface area contributed by atoms with Crippen molar-refractivity contribution in [2.24, 2.45) is 4.99 Å². The number of halogens is 1. The van der Waals surface area contributed by atoms with E-state index in [1.54, 1.807) is 25.4 Å². The van der Waals surface area contributed by atoms with Crippen molar-refractivity contribution in [1.82, 2.24) is 10.6 Å². The van der Waals surface area contributed by atoms with Crippen LogP contribution in [0.2, 0.25) is 0 Å². The van der Waals surface area contributed by atoms with Gasteiger partial charge >= 0.3 is 0 Å². The Morgan fingerprint density at radius 3 is 2.86 bits per heavy atom. The fourth-order valence-corrected chi connectivity index (χ4v) is 4.01. The van der Waals surface area contributed by atoms with E-state index in [1.165, 1.54) is 5.56 Å². The maximum Gasteiger partial charge on any atom is 0.191 e. The molecule has 3 N–H and O–H groups in total. The van der Waals surface area contributed by atoms with Crippen LogP contribution in [0.4, 0.5) is 0 Å². The predicted octanol–water partition coefficient (Wildman–Crippen LogP) is 3.66. The van der Waals surface area contributed by atoms with Gasteiger partial charge in [-0.05, 0) is 55.3 Å². The van der Waals surface area contributed by atoms with Crippen molar-refractivity contribution in [3.63, 3.8) is 0 Å². The highest BCUT2D eigenvalue weighted by atomic mass is 127. The summed E-state index contributed by atoms with van der Waals surface area (Å²) in [7, 11) is 1.68. The lowest BCUT2D eigenvalue weighted by atomic mass is 9.99. The van der Waals surface area contributed by atoms with E-state index in [2.05, 4.69) is 22.5 Å². The van der Waals surface area contributed by atoms with E-state index in [0.29, 0.717) is 19.0 Å². The molecule has 1 aromatic heterocycles. The van der Waals surface area contributed by atoms with Crippen LogP contribution in [-0.4, -0.2) is 37.4 Å². The Morgan fingerprint density at radius 1 is 1.41 bits per heavy atom. The van der Waals surface area contributed by atoms with E-state index < -0.39 is 5.60 Å². The Labute approximate surface area is 193 Å². The van der Waals surface area contributed by atoms with E-state index in [-0.39, 0.29) is 30.1 Å². The van der Waals surface area contributed by atoms with Gasteiger partial charge in [0.25, 0.3) is 0 Å². The monoisotopic (exact) mass is 531 g/mol. The minimum Gasteiger partial charge on any atom is -0.496 e. The largest absolute Gasteiger partial charge is 0.496 e. The first-order chi connectivity index (χ1) is 13.4. The SMILES string of the molecule is CCNC(=NCc1cc2c(cc1OC)CC(C)O2)NCC(C)(O)c1ccsc1.I. The van der Waals surface area contributed by atoms with Gasteiger partial charge in [-0.2, -0.15) is 11.3 Å². The van der Waals surface area contributed by atoms with E-state index in [1.807, 2.05) is 35.9 Å². The van der Waals surface area contributed by atoms with Crippen LogP contribution >= 0.6 is 35.3 Å². The zero-order valence-electron chi connectivity index (χ0n) is 17.3. The quantitative estimate of drug-likeness (QED) is 0.289. The molecule has 2 atom stereocenters. The topological polar surface area (TPSA) is 75.1 Å². The van der Waals surface area contributed by atoms with Gasteiger partial charge in [0.05, 0.1) is 20.2 Å². The molecule has 6 nitrogen and oxygen atoms in total. The third-order valence-corrected chi connectivity index (χ3v) is 5.48. The number of thiophene rings is 1. The second kappa shape index (κ2) is 10.5. The number of aliphatic hydroxyl groups is 1. The zero-order chi connectivity index (χ0) is 20.1. The lowest BCUT2D eigenvalue weighted by Gasteiger charge is -2.24. The van der Waals surface area contributed by atoms with Crippen LogP contribution < -0.4 is 20.1 Å². The maximum atomic E-state index is 10.7. The molecule has 2 heterocycles. The van der Waals surface area contributed by atoms with E-state index in [4.69, 9.17) is 9.47 Å². The van der Waals surface area contributed by atoms with Crippen LogP contribution in [0, 0.1) is 0 Å². The average Bonchev–Trinajstić information content (AvgIpc) is 3.32. The number of nitrogens with one attached hydrogen (secondary N) is 2. The first kappa shape index (κ1) is 23.8. The molecule has 8 heteroatoms. The summed E-state index contributed by atoms with van der Waals surface area (Å²) in [5.74, 6) is 2.38. The van der Waals surface area contributed by atoms with Gasteiger partial charge in [0.15, 0.2) is 5.96 Å². The molecular formula is C21H30IN3O3S. The van der Waals surface area contributed by atoms with Crippen LogP contribution in [0.5, 0.6) is 11.5 Å². The van der Waals surface area contributed by atoms with Gasteiger partial charge in [-0.3, -0.25) is 0 Å². The molecule has 2 unspecified atom stereocenters. The Morgan fingerprint density at radius 2 is 2.21 bits per heavy atom. The summed E-state index contributed by atoms with van der Waals surface area (Å²) in [5, 5.41) is 21.1. The highest BCUT2D eigenvalue weighted by molar-refractivity contribution is 14.0. The van der Waals surface area contributed by atoms with E-state index in [0.717, 1.165) is 35.6 Å². The Balaban J connectivity index is 0.00000300. The summed E-state index contributed by atoms with van der Waals surface area (Å²) in [6.07, 6.45) is 1.09. The highest BCUT2D eigenvalue weighted by Gasteiger charge is 2.24. The Kier molecular flexibility index (Phi) is 8.59. The van der Waals surface area contributed by atoms with Crippen LogP contribution in [0.3, 0.4) is 0 Å². The van der Waals surface area contributed by atoms with Gasteiger partial charge in [0.1, 0.15) is 23.2 Å². The molecule has 29 heavy (non-hydrogen) atoms. The lowest BCUT2D eigenvalue weighted by Crippen LogP contribution is -2.44. The normalized spacial score (nSPS) is 17.6. The summed E-state index contributed by atoms with van der Waals surface area (Å²) in [4.78, 5) is 4.67. The molecule has 1 aliphatic rings. The van der Waals surface area contributed by atoms with Crippen LogP contribution in [0.25, 0.3) is 0 Å². The van der Waals surface area contributed by atoms with Crippen LogP contribution in [0.15, 0.2) is 34.0 Å². The van der Waals surface area contributed by atoms with Crippen molar-refractivity contribution < 1.29 is 14.6 Å². The molecule has 0 radical (unpaired) electrons. The molecule has 2 aromatic rings. The molecule has 0 spiro atoms. The van der Waals surface area contributed by atoms with Crippen LogP contribution in [-0.2, 0) is 18.6 Å². The number of hydrogen-bond acceptors (Lipinski definition) is 5. The zero-order valence-corrected chi connectivity index (χ0v) is 20.5. The van der Waals surface area contributed by atoms with Gasteiger partial charge in [-0.25, -0.2) is 4.99 Å². The summed E-state index contributed by atoms with van der Waals surface area (Å²) >= 11 is 1.57. The van der Waals surface area contributed by atoms with Crippen molar-refractivity contribution in [2.45, 2.75) is 45.4 Å². The molecule has 0 fully saturated rings. The standard InChI is InChI=1S/C21H29N3O3S.HI/c1-5-22-20(24-13-21(3,25)17-6-7-28-12-17)23-11-16-10-19-15(8-14(2)27-19)9-18(16)26-4;/h6-7,9-10,12,14,25H,5,8,11,13H2,1-4H3,(H2,22,23,24);1H. The average molecular weight is 531 g/mol. The number of methoxy groups -OCH3 is 1. The van der Waals surface area contributed by atoms with E-state index in [9.17, 15) is 5.11 Å². The molecular weight excluding hydrogens is 501 g/mol. The fraction of sp³-hybridized carbons (Fsp3) is 0.476. The Hall–Kier alpha value is -1.52. The minimum absolute atomic E-state index is 0. The minimum atomic E-state index is -0.967. The van der Waals surface area contributed by atoms with Crippen molar-refractivity contribution in [1.29, 1.82) is 0 Å². The van der Waals surface area contributed by atoms with Gasteiger partial charge in [0, 0.05) is 24.1 Å². The van der Waals surface area contributed by atoms with Crippen molar-refractivity contribution >= 4 is 41.3 Å². The molecule has 0 aliphatic carbocycles. The van der Waals surface area contributed by atoms with Crippen molar-refractivity contribution in [3.05, 3.63) is 45.6 Å². The first-order valence-corrected chi connectivity index (χ1v) is 10.5. The predicted molar refractivity (Wildman–Crippen MR) is 129 cm³/mol. The lowest BCUT2D eigenvalue weighted by molar-refractivity contribution is 0.0621. The third-order valence-electron chi connectivity index (χ3n) is 4.79. The van der Waals surface area contributed by atoms with Crippen molar-refractivity contribution in [3.8, 4) is 11.5 Å². The van der Waals surface area contributed by atoms with Gasteiger partial charge in [-0.15, -0.1) is 24.0 Å². The summed E-state index contributed by atoms with van der Waals surface area (Å²) < 4.78 is 11.4. The molecule has 0 amide bonds. The van der Waals surface area contributed by atoms with Gasteiger partial charge in [0.2, 0.25) is 0 Å². The number of aliphatic imine (C=N–C) groups is 1. The molecule has 0 bridgehead atoms.